The van der Waals surface area contributed by atoms with Crippen molar-refractivity contribution in [3.05, 3.63) is 83.0 Å². The third-order valence-electron chi connectivity index (χ3n) is 5.57. The molecule has 1 aromatic heterocycles. The van der Waals surface area contributed by atoms with Gasteiger partial charge in [-0.2, -0.15) is 0 Å². The summed E-state index contributed by atoms with van der Waals surface area (Å²) >= 11 is 6.10. The van der Waals surface area contributed by atoms with Gasteiger partial charge in [0.1, 0.15) is 11.6 Å². The van der Waals surface area contributed by atoms with Crippen LogP contribution in [0, 0.1) is 0 Å². The number of pyridine rings is 1. The molecule has 0 aliphatic carbocycles. The van der Waals surface area contributed by atoms with Gasteiger partial charge in [-0.25, -0.2) is 4.98 Å². The highest BCUT2D eigenvalue weighted by atomic mass is 35.5. The zero-order valence-electron chi connectivity index (χ0n) is 18.3. The minimum Gasteiger partial charge on any atom is -0.497 e. The second-order valence-corrected chi connectivity index (χ2v) is 8.11. The zero-order chi connectivity index (χ0) is 23.2. The number of hydrogen-bond acceptors (Lipinski definition) is 5. The van der Waals surface area contributed by atoms with Crippen molar-refractivity contribution in [1.82, 2.24) is 9.88 Å². The fourth-order valence-electron chi connectivity index (χ4n) is 3.76. The van der Waals surface area contributed by atoms with Crippen LogP contribution in [0.2, 0.25) is 5.02 Å². The van der Waals surface area contributed by atoms with Gasteiger partial charge in [0.05, 0.1) is 29.6 Å². The van der Waals surface area contributed by atoms with E-state index in [1.807, 2.05) is 17.0 Å². The van der Waals surface area contributed by atoms with Crippen molar-refractivity contribution < 1.29 is 14.3 Å². The smallest absolute Gasteiger partial charge is 0.257 e. The molecule has 2 heterocycles. The van der Waals surface area contributed by atoms with E-state index < -0.39 is 0 Å². The molecule has 4 rings (SSSR count). The molecule has 0 radical (unpaired) electrons. The van der Waals surface area contributed by atoms with Gasteiger partial charge in [0.15, 0.2) is 0 Å². The Kier molecular flexibility index (Phi) is 7.10. The highest BCUT2D eigenvalue weighted by Crippen LogP contribution is 2.20. The summed E-state index contributed by atoms with van der Waals surface area (Å²) in [6.07, 6.45) is 2.48. The number of carbonyl (C=O) groups is 2. The number of amides is 2. The number of carbonyl (C=O) groups excluding carboxylic acids is 2. The maximum absolute atomic E-state index is 12.9. The Morgan fingerprint density at radius 2 is 1.76 bits per heavy atom. The van der Waals surface area contributed by atoms with Crippen molar-refractivity contribution in [2.24, 2.45) is 0 Å². The van der Waals surface area contributed by atoms with Crippen LogP contribution in [-0.4, -0.2) is 55.0 Å². The molecular weight excluding hydrogens is 440 g/mol. The zero-order valence-corrected chi connectivity index (χ0v) is 19.1. The third kappa shape index (κ3) is 5.43. The quantitative estimate of drug-likeness (QED) is 0.607. The number of nitrogens with one attached hydrogen (secondary N) is 1. The predicted octanol–water partition coefficient (Wildman–Crippen LogP) is 4.35. The number of rotatable bonds is 5. The Labute approximate surface area is 197 Å². The molecule has 2 aromatic carbocycles. The number of halogens is 1. The Morgan fingerprint density at radius 3 is 2.45 bits per heavy atom. The summed E-state index contributed by atoms with van der Waals surface area (Å²) in [6.45, 7) is 2.77. The van der Waals surface area contributed by atoms with Crippen LogP contribution in [0.1, 0.15) is 27.1 Å². The van der Waals surface area contributed by atoms with Gasteiger partial charge in [0.2, 0.25) is 0 Å². The molecule has 1 fully saturated rings. The van der Waals surface area contributed by atoms with Gasteiger partial charge in [-0.05, 0) is 55.0 Å². The van der Waals surface area contributed by atoms with Crippen molar-refractivity contribution in [2.45, 2.75) is 6.42 Å². The summed E-state index contributed by atoms with van der Waals surface area (Å²) in [5, 5.41) is 3.22. The van der Waals surface area contributed by atoms with Crippen LogP contribution in [0.5, 0.6) is 5.75 Å². The van der Waals surface area contributed by atoms with Gasteiger partial charge in [-0.3, -0.25) is 9.59 Å². The average Bonchev–Trinajstić information content (AvgIpc) is 3.11. The standard InChI is InChI=1S/C25H25ClN4O3/c1-33-20-10-7-18(8-11-20)25(32)30-14-4-13-29(15-16-30)23-12-9-19(17-27-23)28-24(31)21-5-2-3-6-22(21)26/h2-3,5-12,17H,4,13-16H2,1H3,(H,28,31). The Morgan fingerprint density at radius 1 is 0.970 bits per heavy atom. The minimum absolute atomic E-state index is 0.0186. The van der Waals surface area contributed by atoms with Crippen molar-refractivity contribution in [3.8, 4) is 5.75 Å². The molecule has 7 nitrogen and oxygen atoms in total. The van der Waals surface area contributed by atoms with Crippen molar-refractivity contribution in [1.29, 1.82) is 0 Å². The summed E-state index contributed by atoms with van der Waals surface area (Å²) in [6, 6.07) is 17.8. The van der Waals surface area contributed by atoms with Crippen LogP contribution >= 0.6 is 11.6 Å². The van der Waals surface area contributed by atoms with Gasteiger partial charge in [-0.15, -0.1) is 0 Å². The first-order valence-corrected chi connectivity index (χ1v) is 11.1. The van der Waals surface area contributed by atoms with Crippen LogP contribution in [0.4, 0.5) is 11.5 Å². The number of hydrogen-bond donors (Lipinski definition) is 1. The summed E-state index contributed by atoms with van der Waals surface area (Å²) in [5.41, 5.74) is 1.66. The fourth-order valence-corrected chi connectivity index (χ4v) is 3.98. The van der Waals surface area contributed by atoms with E-state index in [2.05, 4.69) is 15.2 Å². The first-order valence-electron chi connectivity index (χ1n) is 10.8. The highest BCUT2D eigenvalue weighted by Gasteiger charge is 2.21. The Balaban J connectivity index is 1.36. The van der Waals surface area contributed by atoms with E-state index in [0.717, 1.165) is 24.5 Å². The summed E-state index contributed by atoms with van der Waals surface area (Å²) < 4.78 is 5.17. The lowest BCUT2D eigenvalue weighted by Gasteiger charge is -2.23. The predicted molar refractivity (Wildman–Crippen MR) is 129 cm³/mol. The first kappa shape index (κ1) is 22.6. The van der Waals surface area contributed by atoms with Crippen LogP contribution in [-0.2, 0) is 0 Å². The molecule has 3 aromatic rings. The van der Waals surface area contributed by atoms with E-state index in [1.165, 1.54) is 0 Å². The van der Waals surface area contributed by atoms with Gasteiger partial charge < -0.3 is 19.9 Å². The molecule has 0 saturated carbocycles. The lowest BCUT2D eigenvalue weighted by atomic mass is 10.2. The topological polar surface area (TPSA) is 74.8 Å². The van der Waals surface area contributed by atoms with Crippen LogP contribution < -0.4 is 15.0 Å². The third-order valence-corrected chi connectivity index (χ3v) is 5.90. The molecule has 1 N–H and O–H groups in total. The minimum atomic E-state index is -0.280. The first-order chi connectivity index (χ1) is 16.0. The number of ether oxygens (including phenoxy) is 1. The molecular formula is C25H25ClN4O3. The molecule has 0 unspecified atom stereocenters. The maximum atomic E-state index is 12.9. The fraction of sp³-hybridized carbons (Fsp3) is 0.240. The normalized spacial score (nSPS) is 13.9. The van der Waals surface area contributed by atoms with E-state index in [-0.39, 0.29) is 11.8 Å². The van der Waals surface area contributed by atoms with E-state index in [0.29, 0.717) is 41.5 Å². The van der Waals surface area contributed by atoms with Gasteiger partial charge in [-0.1, -0.05) is 23.7 Å². The van der Waals surface area contributed by atoms with Crippen molar-refractivity contribution in [3.63, 3.8) is 0 Å². The monoisotopic (exact) mass is 464 g/mol. The second kappa shape index (κ2) is 10.4. The number of aromatic nitrogens is 1. The summed E-state index contributed by atoms with van der Waals surface area (Å²) in [5.74, 6) is 1.28. The number of methoxy groups -OCH3 is 1. The highest BCUT2D eigenvalue weighted by molar-refractivity contribution is 6.34. The van der Waals surface area contributed by atoms with Crippen LogP contribution in [0.25, 0.3) is 0 Å². The van der Waals surface area contributed by atoms with Gasteiger partial charge in [0, 0.05) is 31.7 Å². The molecule has 0 spiro atoms. The molecule has 33 heavy (non-hydrogen) atoms. The molecule has 1 aliphatic heterocycles. The summed E-state index contributed by atoms with van der Waals surface area (Å²) in [7, 11) is 1.60. The maximum Gasteiger partial charge on any atom is 0.257 e. The van der Waals surface area contributed by atoms with E-state index >= 15 is 0 Å². The Bertz CT molecular complexity index is 1120. The molecule has 170 valence electrons. The van der Waals surface area contributed by atoms with Gasteiger partial charge in [0.25, 0.3) is 11.8 Å². The lowest BCUT2D eigenvalue weighted by molar-refractivity contribution is 0.0766. The number of nitrogens with zero attached hydrogens (tertiary/aromatic N) is 3. The van der Waals surface area contributed by atoms with Crippen molar-refractivity contribution >= 4 is 34.9 Å². The molecule has 0 bridgehead atoms. The molecule has 2 amide bonds. The second-order valence-electron chi connectivity index (χ2n) is 7.70. The summed E-state index contributed by atoms with van der Waals surface area (Å²) in [4.78, 5) is 33.9. The largest absolute Gasteiger partial charge is 0.497 e. The number of benzene rings is 2. The van der Waals surface area contributed by atoms with Crippen LogP contribution in [0.15, 0.2) is 66.9 Å². The number of anilines is 2. The molecule has 0 atom stereocenters. The lowest BCUT2D eigenvalue weighted by Crippen LogP contribution is -2.35. The molecule has 1 aliphatic rings. The van der Waals surface area contributed by atoms with Crippen molar-refractivity contribution in [2.75, 3.05) is 43.5 Å². The average molecular weight is 465 g/mol. The van der Waals surface area contributed by atoms with Crippen LogP contribution in [0.3, 0.4) is 0 Å². The Hall–Kier alpha value is -3.58. The van der Waals surface area contributed by atoms with E-state index in [1.54, 1.807) is 61.8 Å². The van der Waals surface area contributed by atoms with E-state index in [9.17, 15) is 9.59 Å². The van der Waals surface area contributed by atoms with E-state index in [4.69, 9.17) is 16.3 Å². The van der Waals surface area contributed by atoms with Gasteiger partial charge >= 0.3 is 0 Å². The SMILES string of the molecule is COc1ccc(C(=O)N2CCCN(c3ccc(NC(=O)c4ccccc4Cl)cn3)CC2)cc1. The molecule has 8 heteroatoms. The molecule has 1 saturated heterocycles.